The van der Waals surface area contributed by atoms with Gasteiger partial charge in [-0.2, -0.15) is 13.2 Å². The Hall–Kier alpha value is 0.140. The van der Waals surface area contributed by atoms with E-state index in [0.29, 0.717) is 3.57 Å². The molecule has 0 unspecified atom stereocenters. The Labute approximate surface area is 119 Å². The molecule has 0 fully saturated rings. The lowest BCUT2D eigenvalue weighted by Crippen LogP contribution is -2.18. The molecular formula is C8H6Cl2F3IN2O. The molecule has 0 saturated heterocycles. The maximum atomic E-state index is 11.8. The number of hydrogen-bond donors (Lipinski definition) is 0. The molecule has 1 rings (SSSR count). The van der Waals surface area contributed by atoms with Crippen LogP contribution in [0.5, 0.6) is 0 Å². The van der Waals surface area contributed by atoms with E-state index in [2.05, 4.69) is 14.7 Å². The maximum absolute atomic E-state index is 11.8. The van der Waals surface area contributed by atoms with Crippen molar-refractivity contribution < 1.29 is 17.9 Å². The van der Waals surface area contributed by atoms with E-state index in [1.165, 1.54) is 0 Å². The molecule has 0 amide bonds. The summed E-state index contributed by atoms with van der Waals surface area (Å²) in [5.74, 6) is 0.252. The van der Waals surface area contributed by atoms with Crippen LogP contribution in [-0.2, 0) is 11.2 Å². The van der Waals surface area contributed by atoms with Crippen molar-refractivity contribution in [1.29, 1.82) is 0 Å². The molecule has 0 N–H and O–H groups in total. The molecule has 0 aliphatic heterocycles. The normalized spacial score (nSPS) is 11.9. The summed E-state index contributed by atoms with van der Waals surface area (Å²) in [7, 11) is 0. The Bertz CT molecular complexity index is 380. The zero-order chi connectivity index (χ0) is 13.1. The number of alkyl halides is 3. The van der Waals surface area contributed by atoms with Crippen LogP contribution in [0.1, 0.15) is 5.82 Å². The zero-order valence-corrected chi connectivity index (χ0v) is 11.9. The number of halogens is 6. The third kappa shape index (κ3) is 5.54. The number of nitrogens with zero attached hydrogens (tertiary/aromatic N) is 2. The van der Waals surface area contributed by atoms with Gasteiger partial charge in [-0.1, -0.05) is 23.2 Å². The summed E-state index contributed by atoms with van der Waals surface area (Å²) in [6.07, 6.45) is -4.21. The van der Waals surface area contributed by atoms with Crippen molar-refractivity contribution in [2.45, 2.75) is 12.6 Å². The standard InChI is InChI=1S/C8H6Cl2F3IN2O/c9-6-5(14)7(10)16-4(15-6)1-2-17-3-8(11,12)13/h1-3H2. The number of hydrogen-bond acceptors (Lipinski definition) is 3. The van der Waals surface area contributed by atoms with Gasteiger partial charge in [-0.3, -0.25) is 0 Å². The SMILES string of the molecule is FC(F)(F)COCCc1nc(Cl)c(I)c(Cl)n1. The van der Waals surface area contributed by atoms with Crippen molar-refractivity contribution >= 4 is 45.8 Å². The second-order valence-electron chi connectivity index (χ2n) is 2.95. The van der Waals surface area contributed by atoms with Crippen LogP contribution in [0.15, 0.2) is 0 Å². The van der Waals surface area contributed by atoms with Crippen LogP contribution in [0.3, 0.4) is 0 Å². The van der Waals surface area contributed by atoms with Crippen molar-refractivity contribution in [2.75, 3.05) is 13.2 Å². The van der Waals surface area contributed by atoms with Crippen LogP contribution in [0, 0.1) is 3.57 Å². The zero-order valence-electron chi connectivity index (χ0n) is 8.19. The van der Waals surface area contributed by atoms with Crippen LogP contribution in [-0.4, -0.2) is 29.4 Å². The van der Waals surface area contributed by atoms with Gasteiger partial charge in [0.15, 0.2) is 0 Å². The molecule has 9 heteroatoms. The van der Waals surface area contributed by atoms with Gasteiger partial charge in [-0.05, 0) is 22.6 Å². The van der Waals surface area contributed by atoms with E-state index >= 15 is 0 Å². The number of aromatic nitrogens is 2. The molecule has 0 aromatic carbocycles. The van der Waals surface area contributed by atoms with Crippen LogP contribution >= 0.6 is 45.8 Å². The van der Waals surface area contributed by atoms with Gasteiger partial charge < -0.3 is 4.74 Å². The Kier molecular flexibility index (Phi) is 5.68. The second-order valence-corrected chi connectivity index (χ2v) is 4.75. The smallest absolute Gasteiger partial charge is 0.372 e. The molecule has 17 heavy (non-hydrogen) atoms. The van der Waals surface area contributed by atoms with E-state index in [4.69, 9.17) is 23.2 Å². The van der Waals surface area contributed by atoms with E-state index < -0.39 is 12.8 Å². The average Bonchev–Trinajstić information content (AvgIpc) is 2.19. The Morgan fingerprint density at radius 2 is 1.71 bits per heavy atom. The summed E-state index contributed by atoms with van der Waals surface area (Å²) in [5, 5.41) is 0.354. The van der Waals surface area contributed by atoms with Crippen molar-refractivity contribution in [3.63, 3.8) is 0 Å². The topological polar surface area (TPSA) is 35.0 Å². The highest BCUT2D eigenvalue weighted by molar-refractivity contribution is 14.1. The number of ether oxygens (including phenoxy) is 1. The molecule has 0 aliphatic rings. The maximum Gasteiger partial charge on any atom is 0.411 e. The lowest BCUT2D eigenvalue weighted by atomic mass is 10.4. The summed E-state index contributed by atoms with van der Waals surface area (Å²) in [5.41, 5.74) is 0. The van der Waals surface area contributed by atoms with Crippen LogP contribution in [0.25, 0.3) is 0 Å². The third-order valence-corrected chi connectivity index (χ3v) is 3.76. The summed E-state index contributed by atoms with van der Waals surface area (Å²) >= 11 is 13.4. The minimum atomic E-state index is -4.33. The average molecular weight is 401 g/mol. The van der Waals surface area contributed by atoms with Gasteiger partial charge in [0.25, 0.3) is 0 Å². The fourth-order valence-electron chi connectivity index (χ4n) is 0.898. The second kappa shape index (κ2) is 6.35. The van der Waals surface area contributed by atoms with Gasteiger partial charge in [0, 0.05) is 6.42 Å². The fourth-order valence-corrected chi connectivity index (χ4v) is 1.56. The largest absolute Gasteiger partial charge is 0.411 e. The predicted molar refractivity (Wildman–Crippen MR) is 65.3 cm³/mol. The lowest BCUT2D eigenvalue weighted by Gasteiger charge is -2.07. The van der Waals surface area contributed by atoms with Gasteiger partial charge in [-0.25, -0.2) is 9.97 Å². The predicted octanol–water partition coefficient (Wildman–Crippen LogP) is 3.51. The van der Waals surface area contributed by atoms with Crippen molar-refractivity contribution in [3.05, 3.63) is 19.7 Å². The highest BCUT2D eigenvalue weighted by Gasteiger charge is 2.27. The van der Waals surface area contributed by atoms with Gasteiger partial charge in [0.2, 0.25) is 0 Å². The molecule has 0 radical (unpaired) electrons. The summed E-state index contributed by atoms with van der Waals surface area (Å²) in [6, 6.07) is 0. The van der Waals surface area contributed by atoms with Crippen LogP contribution < -0.4 is 0 Å². The Balaban J connectivity index is 2.48. The van der Waals surface area contributed by atoms with E-state index in [0.717, 1.165) is 0 Å². The highest BCUT2D eigenvalue weighted by atomic mass is 127. The van der Waals surface area contributed by atoms with E-state index in [-0.39, 0.29) is 29.2 Å². The molecular weight excluding hydrogens is 395 g/mol. The monoisotopic (exact) mass is 400 g/mol. The first-order chi connectivity index (χ1) is 7.79. The molecule has 0 aliphatic carbocycles. The van der Waals surface area contributed by atoms with Gasteiger partial charge >= 0.3 is 6.18 Å². The fraction of sp³-hybridized carbons (Fsp3) is 0.500. The van der Waals surface area contributed by atoms with E-state index in [1.807, 2.05) is 22.6 Å². The van der Waals surface area contributed by atoms with Gasteiger partial charge in [0.05, 0.1) is 10.2 Å². The minimum absolute atomic E-state index is 0.118. The number of rotatable bonds is 4. The molecule has 0 spiro atoms. The molecule has 0 saturated carbocycles. The summed E-state index contributed by atoms with van der Waals surface area (Å²) in [4.78, 5) is 7.74. The molecule has 0 bridgehead atoms. The van der Waals surface area contributed by atoms with E-state index in [9.17, 15) is 13.2 Å². The molecule has 0 atom stereocenters. The highest BCUT2D eigenvalue weighted by Crippen LogP contribution is 2.22. The van der Waals surface area contributed by atoms with Crippen molar-refractivity contribution in [2.24, 2.45) is 0 Å². The van der Waals surface area contributed by atoms with Crippen molar-refractivity contribution in [3.8, 4) is 0 Å². The molecule has 1 aromatic heterocycles. The summed E-state index contributed by atoms with van der Waals surface area (Å²) < 4.78 is 40.2. The first-order valence-electron chi connectivity index (χ1n) is 4.31. The Morgan fingerprint density at radius 3 is 2.18 bits per heavy atom. The quantitative estimate of drug-likeness (QED) is 0.440. The molecule has 1 aromatic rings. The molecule has 96 valence electrons. The molecule has 3 nitrogen and oxygen atoms in total. The van der Waals surface area contributed by atoms with Gasteiger partial charge in [-0.15, -0.1) is 0 Å². The van der Waals surface area contributed by atoms with Crippen LogP contribution in [0.4, 0.5) is 13.2 Å². The first kappa shape index (κ1) is 15.2. The minimum Gasteiger partial charge on any atom is -0.372 e. The molecule has 1 heterocycles. The third-order valence-electron chi connectivity index (χ3n) is 1.55. The first-order valence-corrected chi connectivity index (χ1v) is 6.15. The Morgan fingerprint density at radius 1 is 1.18 bits per heavy atom. The summed E-state index contributed by atoms with van der Waals surface area (Å²) in [6.45, 7) is -1.44. The van der Waals surface area contributed by atoms with Crippen molar-refractivity contribution in [1.82, 2.24) is 9.97 Å². The lowest BCUT2D eigenvalue weighted by molar-refractivity contribution is -0.173. The van der Waals surface area contributed by atoms with E-state index in [1.54, 1.807) is 0 Å². The van der Waals surface area contributed by atoms with Crippen LogP contribution in [0.2, 0.25) is 10.3 Å². The van der Waals surface area contributed by atoms with Gasteiger partial charge in [0.1, 0.15) is 22.7 Å².